The second-order valence-electron chi connectivity index (χ2n) is 4.69. The number of aryl methyl sites for hydroxylation is 3. The van der Waals surface area contributed by atoms with Crippen molar-refractivity contribution in [3.05, 3.63) is 39.5 Å². The minimum Gasteiger partial charge on any atom is -0.466 e. The molecule has 2 heterocycles. The van der Waals surface area contributed by atoms with E-state index in [9.17, 15) is 0 Å². The molecule has 5 heteroatoms. The molecule has 0 aromatic carbocycles. The van der Waals surface area contributed by atoms with Crippen LogP contribution < -0.4 is 5.32 Å². The molecule has 19 heavy (non-hydrogen) atoms. The van der Waals surface area contributed by atoms with Crippen LogP contribution in [-0.4, -0.2) is 16.8 Å². The molecule has 0 aliphatic heterocycles. The van der Waals surface area contributed by atoms with Crippen LogP contribution in [0.4, 0.5) is 0 Å². The average molecular weight is 326 g/mol. The van der Waals surface area contributed by atoms with Gasteiger partial charge < -0.3 is 9.73 Å². The van der Waals surface area contributed by atoms with Crippen molar-refractivity contribution in [2.75, 3.05) is 7.05 Å². The second kappa shape index (κ2) is 5.92. The fourth-order valence-electron chi connectivity index (χ4n) is 2.43. The lowest BCUT2D eigenvalue weighted by Crippen LogP contribution is -2.22. The number of hydrogen-bond donors (Lipinski definition) is 1. The molecule has 0 amide bonds. The zero-order valence-electron chi connectivity index (χ0n) is 11.8. The Morgan fingerprint density at radius 2 is 2.21 bits per heavy atom. The van der Waals surface area contributed by atoms with Gasteiger partial charge in [0.2, 0.25) is 0 Å². The minimum atomic E-state index is 0.0841. The highest BCUT2D eigenvalue weighted by Crippen LogP contribution is 2.31. The van der Waals surface area contributed by atoms with E-state index in [1.165, 1.54) is 5.56 Å². The highest BCUT2D eigenvalue weighted by Gasteiger charge is 2.23. The minimum absolute atomic E-state index is 0.0841. The van der Waals surface area contributed by atoms with Crippen molar-refractivity contribution in [3.63, 3.8) is 0 Å². The molecule has 0 bridgehead atoms. The van der Waals surface area contributed by atoms with Gasteiger partial charge in [-0.2, -0.15) is 5.10 Å². The number of hydrogen-bond acceptors (Lipinski definition) is 3. The molecule has 1 N–H and O–H groups in total. The molecule has 0 aliphatic carbocycles. The van der Waals surface area contributed by atoms with Gasteiger partial charge in [0.15, 0.2) is 0 Å². The Morgan fingerprint density at radius 3 is 2.74 bits per heavy atom. The molecule has 0 saturated heterocycles. The Bertz CT molecular complexity index is 559. The molecule has 2 aromatic rings. The lowest BCUT2D eigenvalue weighted by Gasteiger charge is -2.18. The molecule has 1 unspecified atom stereocenters. The van der Waals surface area contributed by atoms with Gasteiger partial charge in [-0.15, -0.1) is 0 Å². The zero-order valence-corrected chi connectivity index (χ0v) is 13.4. The van der Waals surface area contributed by atoms with Gasteiger partial charge in [-0.1, -0.05) is 6.92 Å². The van der Waals surface area contributed by atoms with Crippen LogP contribution in [0, 0.1) is 13.8 Å². The third kappa shape index (κ3) is 2.77. The first-order valence-corrected chi connectivity index (χ1v) is 7.33. The molecule has 4 nitrogen and oxygen atoms in total. The predicted octanol–water partition coefficient (Wildman–Crippen LogP) is 3.57. The average Bonchev–Trinajstić information content (AvgIpc) is 2.87. The first kappa shape index (κ1) is 14.3. The quantitative estimate of drug-likeness (QED) is 0.913. The number of aromatic nitrogens is 2. The molecule has 1 atom stereocenters. The highest BCUT2D eigenvalue weighted by atomic mass is 79.9. The van der Waals surface area contributed by atoms with E-state index in [2.05, 4.69) is 39.3 Å². The van der Waals surface area contributed by atoms with Gasteiger partial charge in [-0.3, -0.25) is 4.68 Å². The van der Waals surface area contributed by atoms with Crippen LogP contribution in [0.15, 0.2) is 21.2 Å². The van der Waals surface area contributed by atoms with Gasteiger partial charge in [0, 0.05) is 12.1 Å². The topological polar surface area (TPSA) is 43.0 Å². The molecular formula is C14H20BrN3O. The van der Waals surface area contributed by atoms with E-state index in [1.54, 1.807) is 0 Å². The van der Waals surface area contributed by atoms with Gasteiger partial charge in [0.25, 0.3) is 0 Å². The van der Waals surface area contributed by atoms with Gasteiger partial charge in [-0.05, 0) is 49.3 Å². The summed E-state index contributed by atoms with van der Waals surface area (Å²) in [6.07, 6.45) is 2.92. The van der Waals surface area contributed by atoms with Crippen LogP contribution in [0.2, 0.25) is 0 Å². The van der Waals surface area contributed by atoms with Crippen LogP contribution in [0.25, 0.3) is 0 Å². The predicted molar refractivity (Wildman–Crippen MR) is 79.3 cm³/mol. The van der Waals surface area contributed by atoms with Crippen molar-refractivity contribution in [1.82, 2.24) is 15.1 Å². The Labute approximate surface area is 122 Å². The summed E-state index contributed by atoms with van der Waals surface area (Å²) in [6.45, 7) is 7.04. The first-order chi connectivity index (χ1) is 9.08. The summed E-state index contributed by atoms with van der Waals surface area (Å²) in [7, 11) is 1.96. The van der Waals surface area contributed by atoms with Crippen LogP contribution in [-0.2, 0) is 6.54 Å². The van der Waals surface area contributed by atoms with Crippen molar-refractivity contribution in [2.45, 2.75) is 39.8 Å². The third-order valence-electron chi connectivity index (χ3n) is 3.22. The lowest BCUT2D eigenvalue weighted by atomic mass is 10.0. The van der Waals surface area contributed by atoms with Crippen molar-refractivity contribution in [2.24, 2.45) is 0 Å². The fourth-order valence-corrected chi connectivity index (χ4v) is 2.95. The largest absolute Gasteiger partial charge is 0.466 e. The number of halogens is 1. The standard InChI is InChI=1S/C14H20BrN3O/c1-5-6-18-14(12(15)8-17-18)13(16-4)11-7-9(2)19-10(11)3/h7-8,13,16H,5-6H2,1-4H3. The number of nitrogens with one attached hydrogen (secondary N) is 1. The number of rotatable bonds is 5. The van der Waals surface area contributed by atoms with Gasteiger partial charge in [0.05, 0.1) is 22.4 Å². The Hall–Kier alpha value is -1.07. The lowest BCUT2D eigenvalue weighted by molar-refractivity contribution is 0.489. The Morgan fingerprint density at radius 1 is 1.47 bits per heavy atom. The van der Waals surface area contributed by atoms with Crippen molar-refractivity contribution in [1.29, 1.82) is 0 Å². The maximum atomic E-state index is 5.65. The number of furan rings is 1. The summed E-state index contributed by atoms with van der Waals surface area (Å²) in [4.78, 5) is 0. The van der Waals surface area contributed by atoms with E-state index >= 15 is 0 Å². The highest BCUT2D eigenvalue weighted by molar-refractivity contribution is 9.10. The number of nitrogens with zero attached hydrogens (tertiary/aromatic N) is 2. The smallest absolute Gasteiger partial charge is 0.106 e. The molecule has 0 spiro atoms. The summed E-state index contributed by atoms with van der Waals surface area (Å²) in [5.41, 5.74) is 2.31. The normalized spacial score (nSPS) is 12.9. The molecule has 2 rings (SSSR count). The second-order valence-corrected chi connectivity index (χ2v) is 5.55. The van der Waals surface area contributed by atoms with E-state index in [4.69, 9.17) is 4.42 Å². The Balaban J connectivity index is 2.47. The van der Waals surface area contributed by atoms with Gasteiger partial charge >= 0.3 is 0 Å². The molecule has 0 radical (unpaired) electrons. The molecule has 0 saturated carbocycles. The van der Waals surface area contributed by atoms with Gasteiger partial charge in [-0.25, -0.2) is 0 Å². The molecule has 2 aromatic heterocycles. The molecular weight excluding hydrogens is 306 g/mol. The van der Waals surface area contributed by atoms with Crippen LogP contribution in [0.3, 0.4) is 0 Å². The van der Waals surface area contributed by atoms with E-state index in [-0.39, 0.29) is 6.04 Å². The SMILES string of the molecule is CCCn1ncc(Br)c1C(NC)c1cc(C)oc1C. The summed E-state index contributed by atoms with van der Waals surface area (Å²) >= 11 is 3.60. The fraction of sp³-hybridized carbons (Fsp3) is 0.500. The third-order valence-corrected chi connectivity index (χ3v) is 3.83. The first-order valence-electron chi connectivity index (χ1n) is 6.53. The summed E-state index contributed by atoms with van der Waals surface area (Å²) < 4.78 is 8.73. The van der Waals surface area contributed by atoms with Crippen LogP contribution >= 0.6 is 15.9 Å². The van der Waals surface area contributed by atoms with Crippen LogP contribution in [0.5, 0.6) is 0 Å². The summed E-state index contributed by atoms with van der Waals surface area (Å²) in [5.74, 6) is 1.89. The van der Waals surface area contributed by atoms with E-state index < -0.39 is 0 Å². The van der Waals surface area contributed by atoms with Crippen molar-refractivity contribution in [3.8, 4) is 0 Å². The van der Waals surface area contributed by atoms with E-state index in [1.807, 2.05) is 31.8 Å². The monoisotopic (exact) mass is 325 g/mol. The van der Waals surface area contributed by atoms with Crippen molar-refractivity contribution >= 4 is 15.9 Å². The maximum Gasteiger partial charge on any atom is 0.106 e. The van der Waals surface area contributed by atoms with Crippen molar-refractivity contribution < 1.29 is 4.42 Å². The zero-order chi connectivity index (χ0) is 14.0. The van der Waals surface area contributed by atoms with Gasteiger partial charge in [0.1, 0.15) is 11.5 Å². The van der Waals surface area contributed by atoms with Crippen LogP contribution in [0.1, 0.15) is 42.2 Å². The summed E-state index contributed by atoms with van der Waals surface area (Å²) in [6, 6.07) is 2.17. The summed E-state index contributed by atoms with van der Waals surface area (Å²) in [5, 5.41) is 7.80. The Kier molecular flexibility index (Phi) is 4.47. The van der Waals surface area contributed by atoms with E-state index in [0.29, 0.717) is 0 Å². The van der Waals surface area contributed by atoms with E-state index in [0.717, 1.165) is 34.7 Å². The maximum absolute atomic E-state index is 5.65. The molecule has 0 fully saturated rings. The molecule has 0 aliphatic rings. The molecule has 104 valence electrons.